The van der Waals surface area contributed by atoms with Gasteiger partial charge >= 0.3 is 0 Å². The minimum atomic E-state index is -1.27. The third-order valence-electron chi connectivity index (χ3n) is 11.9. The third kappa shape index (κ3) is 12.7. The minimum Gasteiger partial charge on any atom is -0.492 e. The number of nitrogens with zero attached hydrogens (tertiary/aromatic N) is 4. The van der Waals surface area contributed by atoms with Gasteiger partial charge in [-0.25, -0.2) is 4.98 Å². The summed E-state index contributed by atoms with van der Waals surface area (Å²) in [7, 11) is 2.90. The number of ketones is 3. The topological polar surface area (TPSA) is 256 Å². The standard InChI is InChI=1S/C51H64N8O8/c1-30-25-42(62)46(59(6)50(64)35(18-20-53)29-41(61)45-31(2)56-47(58-49(45)65-7)33-11-14-36(15-12-33)51(3,4)5)34-13-17-44(67-24-22-55)38(28-34)37-26-32(10-16-43(37)66-23-21-54)27-39(57-48(30)63)40(60)9-8-19-52/h10-17,26,28,30,35,39,46H,8-9,18,20-25,27,29,53-55H2,1-7H3,(H,57,63)/t30-,35-,39+,46+/m1/s1. The number of benzene rings is 3. The molecular formula is C51H64N8O8. The van der Waals surface area contributed by atoms with E-state index in [0.29, 0.717) is 45.3 Å². The van der Waals surface area contributed by atoms with E-state index in [1.807, 2.05) is 36.4 Å². The first-order valence-electron chi connectivity index (χ1n) is 22.6. The lowest BCUT2D eigenvalue weighted by Crippen LogP contribution is -2.46. The largest absolute Gasteiger partial charge is 0.492 e. The van der Waals surface area contributed by atoms with E-state index in [2.05, 4.69) is 36.1 Å². The zero-order chi connectivity index (χ0) is 49.0. The fourth-order valence-electron chi connectivity index (χ4n) is 8.23. The maximum atomic E-state index is 14.9. The molecule has 4 atom stereocenters. The van der Waals surface area contributed by atoms with Crippen LogP contribution < -0.4 is 36.7 Å². The van der Waals surface area contributed by atoms with Crippen molar-refractivity contribution in [3.05, 3.63) is 88.6 Å². The Morgan fingerprint density at radius 1 is 0.910 bits per heavy atom. The van der Waals surface area contributed by atoms with Crippen molar-refractivity contribution in [2.24, 2.45) is 29.0 Å². The fourth-order valence-corrected chi connectivity index (χ4v) is 8.23. The summed E-state index contributed by atoms with van der Waals surface area (Å²) in [6, 6.07) is 18.0. The Morgan fingerprint density at radius 2 is 1.55 bits per heavy atom. The number of hydrogen-bond donors (Lipinski definition) is 4. The molecule has 0 saturated carbocycles. The van der Waals surface area contributed by atoms with E-state index in [1.165, 1.54) is 19.1 Å². The molecule has 3 aromatic carbocycles. The number of likely N-dealkylation sites (N-methyl/N-ethyl adjacent to an activating group) is 1. The molecule has 1 aliphatic rings. The molecular weight excluding hydrogens is 853 g/mol. The lowest BCUT2D eigenvalue weighted by Gasteiger charge is -2.32. The smallest absolute Gasteiger partial charge is 0.228 e. The molecule has 0 aliphatic carbocycles. The highest BCUT2D eigenvalue weighted by atomic mass is 16.5. The van der Waals surface area contributed by atoms with Gasteiger partial charge in [0.2, 0.25) is 17.7 Å². The molecule has 356 valence electrons. The van der Waals surface area contributed by atoms with Crippen molar-refractivity contribution in [3.8, 4) is 46.0 Å². The first kappa shape index (κ1) is 51.4. The highest BCUT2D eigenvalue weighted by Crippen LogP contribution is 2.41. The van der Waals surface area contributed by atoms with Gasteiger partial charge in [-0.05, 0) is 72.7 Å². The number of amides is 2. The molecule has 4 bridgehead atoms. The van der Waals surface area contributed by atoms with Gasteiger partial charge in [-0.1, -0.05) is 64.1 Å². The van der Waals surface area contributed by atoms with Crippen LogP contribution in [-0.4, -0.2) is 97.1 Å². The van der Waals surface area contributed by atoms with E-state index < -0.39 is 47.3 Å². The molecule has 1 aromatic heterocycles. The van der Waals surface area contributed by atoms with Crippen LogP contribution in [0.1, 0.15) is 98.6 Å². The number of Topliss-reactive ketones (excluding diaryl/α,β-unsaturated/α-hetero) is 3. The molecule has 16 heteroatoms. The number of rotatable bonds is 18. The zero-order valence-electron chi connectivity index (χ0n) is 39.6. The maximum absolute atomic E-state index is 14.9. The minimum absolute atomic E-state index is 0.0378. The lowest BCUT2D eigenvalue weighted by molar-refractivity contribution is -0.142. The second-order valence-electron chi connectivity index (χ2n) is 17.9. The monoisotopic (exact) mass is 916 g/mol. The number of nitrogens with two attached hydrogens (primary N) is 3. The van der Waals surface area contributed by atoms with Crippen LogP contribution in [-0.2, 0) is 31.0 Å². The highest BCUT2D eigenvalue weighted by molar-refractivity contribution is 6.02. The summed E-state index contributed by atoms with van der Waals surface area (Å²) in [5, 5.41) is 12.1. The van der Waals surface area contributed by atoms with Gasteiger partial charge in [-0.3, -0.25) is 24.0 Å². The third-order valence-corrected chi connectivity index (χ3v) is 11.9. The molecule has 5 rings (SSSR count). The van der Waals surface area contributed by atoms with Gasteiger partial charge in [-0.15, -0.1) is 0 Å². The molecule has 4 aromatic rings. The Balaban J connectivity index is 1.58. The maximum Gasteiger partial charge on any atom is 0.228 e. The fraction of sp³-hybridized carbons (Fsp3) is 0.451. The van der Waals surface area contributed by atoms with Crippen LogP contribution in [0.15, 0.2) is 60.7 Å². The first-order chi connectivity index (χ1) is 31.9. The SMILES string of the molecule is COc1nc(-c2ccc(C(C)(C)C)cc2)nc(C)c1C(=O)C[C@@H](CCN)C(=O)N(C)[C@@H]1C(=O)C[C@@H](C)C(=O)N[C@H](C(=O)CCC#N)Cc2ccc(OCCN)c(c2)-c2cc1ccc2OCCN. The number of fused-ring (bicyclic) bond motifs is 5. The van der Waals surface area contributed by atoms with Crippen molar-refractivity contribution < 1.29 is 38.2 Å². The summed E-state index contributed by atoms with van der Waals surface area (Å²) in [6.07, 6.45) is -0.548. The van der Waals surface area contributed by atoms with Crippen molar-refractivity contribution in [2.75, 3.05) is 47.0 Å². The van der Waals surface area contributed by atoms with Crippen LogP contribution in [0.4, 0.5) is 0 Å². The zero-order valence-corrected chi connectivity index (χ0v) is 39.6. The summed E-state index contributed by atoms with van der Waals surface area (Å²) in [5.74, 6) is -3.00. The number of ether oxygens (including phenoxy) is 3. The average Bonchev–Trinajstić information content (AvgIpc) is 3.30. The van der Waals surface area contributed by atoms with Gasteiger partial charge in [0, 0.05) is 74.3 Å². The number of methoxy groups -OCH3 is 1. The van der Waals surface area contributed by atoms with E-state index in [9.17, 15) is 29.2 Å². The van der Waals surface area contributed by atoms with E-state index >= 15 is 0 Å². The van der Waals surface area contributed by atoms with Gasteiger partial charge < -0.3 is 41.6 Å². The molecule has 67 heavy (non-hydrogen) atoms. The summed E-state index contributed by atoms with van der Waals surface area (Å²) < 4.78 is 17.9. The Labute approximate surface area is 392 Å². The van der Waals surface area contributed by atoms with Gasteiger partial charge in [0.25, 0.3) is 0 Å². The van der Waals surface area contributed by atoms with Crippen LogP contribution in [0.5, 0.6) is 17.4 Å². The van der Waals surface area contributed by atoms with Gasteiger partial charge in [0.05, 0.1) is 24.9 Å². The van der Waals surface area contributed by atoms with Crippen molar-refractivity contribution in [1.82, 2.24) is 20.2 Å². The van der Waals surface area contributed by atoms with E-state index in [-0.39, 0.29) is 94.0 Å². The first-order valence-corrected chi connectivity index (χ1v) is 22.6. The number of nitrogens with one attached hydrogen (secondary N) is 1. The van der Waals surface area contributed by atoms with Crippen LogP contribution in [0.25, 0.3) is 22.5 Å². The molecule has 2 amide bonds. The number of nitriles is 1. The molecule has 7 N–H and O–H groups in total. The van der Waals surface area contributed by atoms with E-state index in [0.717, 1.165) is 11.1 Å². The lowest BCUT2D eigenvalue weighted by atomic mass is 9.86. The number of carbonyl (C=O) groups is 5. The van der Waals surface area contributed by atoms with Crippen molar-refractivity contribution in [3.63, 3.8) is 0 Å². The van der Waals surface area contributed by atoms with Gasteiger partial charge in [-0.2, -0.15) is 10.2 Å². The molecule has 0 spiro atoms. The average molecular weight is 917 g/mol. The summed E-state index contributed by atoms with van der Waals surface area (Å²) in [5.41, 5.74) is 22.2. The van der Waals surface area contributed by atoms with Crippen molar-refractivity contribution >= 4 is 29.2 Å². The van der Waals surface area contributed by atoms with Crippen molar-refractivity contribution in [2.45, 2.75) is 90.6 Å². The quantitative estimate of drug-likeness (QED) is 0.0919. The summed E-state index contributed by atoms with van der Waals surface area (Å²) >= 11 is 0. The number of aromatic nitrogens is 2. The molecule has 0 unspecified atom stereocenters. The second-order valence-corrected chi connectivity index (χ2v) is 17.9. The van der Waals surface area contributed by atoms with Crippen LogP contribution in [0, 0.1) is 30.1 Å². The Bertz CT molecular complexity index is 2480. The summed E-state index contributed by atoms with van der Waals surface area (Å²) in [4.78, 5) is 81.9. The van der Waals surface area contributed by atoms with Crippen LogP contribution >= 0.6 is 0 Å². The summed E-state index contributed by atoms with van der Waals surface area (Å²) in [6.45, 7) is 10.4. The predicted octanol–water partition coefficient (Wildman–Crippen LogP) is 5.35. The van der Waals surface area contributed by atoms with Crippen molar-refractivity contribution in [1.29, 1.82) is 5.26 Å². The van der Waals surface area contributed by atoms with E-state index in [4.69, 9.17) is 31.4 Å². The van der Waals surface area contributed by atoms with Crippen LogP contribution in [0.3, 0.4) is 0 Å². The molecule has 0 fully saturated rings. The molecule has 2 heterocycles. The Hall–Kier alpha value is -6.54. The molecule has 1 aliphatic heterocycles. The molecule has 16 nitrogen and oxygen atoms in total. The van der Waals surface area contributed by atoms with Gasteiger partial charge in [0.15, 0.2) is 23.2 Å². The van der Waals surface area contributed by atoms with Gasteiger partial charge in [0.1, 0.15) is 36.3 Å². The highest BCUT2D eigenvalue weighted by Gasteiger charge is 2.37. The Kier molecular flexibility index (Phi) is 17.9. The number of carbonyl (C=O) groups excluding carboxylic acids is 5. The number of aryl methyl sites for hydroxylation is 1. The normalized spacial score (nSPS) is 16.8. The molecule has 0 radical (unpaired) electrons. The molecule has 0 saturated heterocycles. The Morgan fingerprint density at radius 3 is 2.15 bits per heavy atom. The van der Waals surface area contributed by atoms with Crippen LogP contribution in [0.2, 0.25) is 0 Å². The van der Waals surface area contributed by atoms with E-state index in [1.54, 1.807) is 44.2 Å². The second kappa shape index (κ2) is 23.3. The number of hydrogen-bond acceptors (Lipinski definition) is 14. The predicted molar refractivity (Wildman–Crippen MR) is 254 cm³/mol.